The monoisotopic (exact) mass is 469 g/mol. The lowest BCUT2D eigenvalue weighted by atomic mass is 9.82. The van der Waals surface area contributed by atoms with Gasteiger partial charge in [0.1, 0.15) is 11.4 Å². The van der Waals surface area contributed by atoms with Crippen molar-refractivity contribution in [2.45, 2.75) is 49.9 Å². The van der Waals surface area contributed by atoms with Crippen molar-refractivity contribution >= 4 is 15.9 Å². The highest BCUT2D eigenvalue weighted by molar-refractivity contribution is 7.89. The Balaban J connectivity index is 1.21. The Morgan fingerprint density at radius 1 is 1.06 bits per heavy atom. The quantitative estimate of drug-likeness (QED) is 0.640. The SMILES string of the molecule is CS(=O)(=O)Cc1ccc(-c2ccc3c(c2)CCC2(CCN(C(=O)OCC4CC4)CC2)O3)cc1. The summed E-state index contributed by atoms with van der Waals surface area (Å²) in [6.07, 6.45) is 6.98. The molecule has 0 bridgehead atoms. The number of hydrogen-bond donors (Lipinski definition) is 0. The summed E-state index contributed by atoms with van der Waals surface area (Å²) in [7, 11) is -3.04. The van der Waals surface area contributed by atoms with E-state index in [-0.39, 0.29) is 17.4 Å². The summed E-state index contributed by atoms with van der Waals surface area (Å²) >= 11 is 0. The first-order valence-electron chi connectivity index (χ1n) is 11.8. The van der Waals surface area contributed by atoms with Gasteiger partial charge in [0.25, 0.3) is 0 Å². The molecule has 2 aromatic rings. The fourth-order valence-corrected chi connectivity index (χ4v) is 5.61. The highest BCUT2D eigenvalue weighted by Crippen LogP contribution is 2.41. The Morgan fingerprint density at radius 2 is 1.76 bits per heavy atom. The van der Waals surface area contributed by atoms with E-state index in [0.29, 0.717) is 25.6 Å². The van der Waals surface area contributed by atoms with Crippen LogP contribution in [-0.4, -0.2) is 51.0 Å². The lowest BCUT2D eigenvalue weighted by Crippen LogP contribution is -2.51. The molecule has 2 aliphatic heterocycles. The van der Waals surface area contributed by atoms with Crippen LogP contribution < -0.4 is 4.74 Å². The number of sulfone groups is 1. The van der Waals surface area contributed by atoms with E-state index in [1.54, 1.807) is 0 Å². The second-order valence-corrected chi connectivity index (χ2v) is 12.0. The fraction of sp³-hybridized carbons (Fsp3) is 0.500. The maximum atomic E-state index is 12.3. The number of aryl methyl sites for hydroxylation is 1. The van der Waals surface area contributed by atoms with Crippen molar-refractivity contribution in [1.29, 1.82) is 0 Å². The lowest BCUT2D eigenvalue weighted by Gasteiger charge is -2.44. The van der Waals surface area contributed by atoms with Gasteiger partial charge in [-0.25, -0.2) is 13.2 Å². The molecule has 5 rings (SSSR count). The number of benzene rings is 2. The number of piperidine rings is 1. The third-order valence-corrected chi connectivity index (χ3v) is 7.88. The number of likely N-dealkylation sites (tertiary alicyclic amines) is 1. The number of fused-ring (bicyclic) bond motifs is 1. The van der Waals surface area contributed by atoms with Crippen LogP contribution in [0.15, 0.2) is 42.5 Å². The van der Waals surface area contributed by atoms with E-state index in [0.717, 1.165) is 48.1 Å². The summed E-state index contributed by atoms with van der Waals surface area (Å²) in [5, 5.41) is 0. The zero-order chi connectivity index (χ0) is 23.1. The van der Waals surface area contributed by atoms with Gasteiger partial charge in [-0.05, 0) is 66.0 Å². The zero-order valence-electron chi connectivity index (χ0n) is 19.1. The van der Waals surface area contributed by atoms with E-state index in [2.05, 4.69) is 12.1 Å². The molecule has 176 valence electrons. The second kappa shape index (κ2) is 8.67. The van der Waals surface area contributed by atoms with E-state index < -0.39 is 9.84 Å². The predicted octanol–water partition coefficient (Wildman–Crippen LogP) is 4.60. The van der Waals surface area contributed by atoms with Crippen molar-refractivity contribution in [3.05, 3.63) is 53.6 Å². The van der Waals surface area contributed by atoms with Gasteiger partial charge in [0.15, 0.2) is 9.84 Å². The molecule has 33 heavy (non-hydrogen) atoms. The van der Waals surface area contributed by atoms with Gasteiger partial charge in [-0.2, -0.15) is 0 Å². The average molecular weight is 470 g/mol. The topological polar surface area (TPSA) is 72.9 Å². The van der Waals surface area contributed by atoms with Gasteiger partial charge in [-0.15, -0.1) is 0 Å². The van der Waals surface area contributed by atoms with Crippen LogP contribution in [0, 0.1) is 5.92 Å². The molecule has 2 aromatic carbocycles. The molecule has 1 spiro atoms. The highest BCUT2D eigenvalue weighted by atomic mass is 32.2. The molecule has 6 nitrogen and oxygen atoms in total. The van der Waals surface area contributed by atoms with Crippen LogP contribution in [0.1, 0.15) is 43.2 Å². The largest absolute Gasteiger partial charge is 0.487 e. The number of nitrogens with zero attached hydrogens (tertiary/aromatic N) is 1. The van der Waals surface area contributed by atoms with Gasteiger partial charge < -0.3 is 14.4 Å². The number of hydrogen-bond acceptors (Lipinski definition) is 5. The van der Waals surface area contributed by atoms with Crippen molar-refractivity contribution in [3.63, 3.8) is 0 Å². The van der Waals surface area contributed by atoms with Gasteiger partial charge >= 0.3 is 6.09 Å². The molecule has 2 fully saturated rings. The second-order valence-electron chi connectivity index (χ2n) is 9.88. The van der Waals surface area contributed by atoms with Crippen molar-refractivity contribution in [1.82, 2.24) is 4.90 Å². The number of rotatable bonds is 5. The molecule has 0 atom stereocenters. The predicted molar refractivity (Wildman–Crippen MR) is 127 cm³/mol. The van der Waals surface area contributed by atoms with Gasteiger partial charge in [0.05, 0.1) is 12.4 Å². The first-order valence-corrected chi connectivity index (χ1v) is 13.9. The Morgan fingerprint density at radius 3 is 2.42 bits per heavy atom. The molecule has 1 saturated heterocycles. The van der Waals surface area contributed by atoms with Crippen LogP contribution in [0.2, 0.25) is 0 Å². The maximum Gasteiger partial charge on any atom is 0.409 e. The zero-order valence-corrected chi connectivity index (χ0v) is 19.9. The maximum absolute atomic E-state index is 12.3. The summed E-state index contributed by atoms with van der Waals surface area (Å²) < 4.78 is 35.0. The van der Waals surface area contributed by atoms with Crippen LogP contribution in [0.5, 0.6) is 5.75 Å². The van der Waals surface area contributed by atoms with Gasteiger partial charge in [-0.1, -0.05) is 30.3 Å². The third kappa shape index (κ3) is 5.35. The Bertz CT molecular complexity index is 1130. The smallest absolute Gasteiger partial charge is 0.409 e. The summed E-state index contributed by atoms with van der Waals surface area (Å²) in [5.74, 6) is 1.57. The Hall–Kier alpha value is -2.54. The van der Waals surface area contributed by atoms with Gasteiger partial charge in [0.2, 0.25) is 0 Å². The molecule has 2 heterocycles. The third-order valence-electron chi connectivity index (χ3n) is 7.03. The molecule has 1 aliphatic carbocycles. The van der Waals surface area contributed by atoms with Crippen LogP contribution in [0.4, 0.5) is 4.79 Å². The van der Waals surface area contributed by atoms with Crippen LogP contribution in [0.25, 0.3) is 11.1 Å². The molecule has 0 unspecified atom stereocenters. The standard InChI is InChI=1S/C26H31NO5S/c1-33(29,30)18-20-4-6-21(7-5-20)22-8-9-24-23(16-22)10-11-26(32-24)12-14-27(15-13-26)25(28)31-17-19-2-3-19/h4-9,16,19H,2-3,10-15,17-18H2,1H3. The number of amides is 1. The van der Waals surface area contributed by atoms with Gasteiger partial charge in [-0.3, -0.25) is 0 Å². The Labute approximate surface area is 195 Å². The summed E-state index contributed by atoms with van der Waals surface area (Å²) in [6, 6.07) is 14.0. The molecule has 7 heteroatoms. The summed E-state index contributed by atoms with van der Waals surface area (Å²) in [4.78, 5) is 14.1. The number of carbonyl (C=O) groups excluding carboxylic acids is 1. The van der Waals surface area contributed by atoms with Crippen LogP contribution >= 0.6 is 0 Å². The molecule has 3 aliphatic rings. The van der Waals surface area contributed by atoms with E-state index >= 15 is 0 Å². The lowest BCUT2D eigenvalue weighted by molar-refractivity contribution is -0.0146. The number of ether oxygens (including phenoxy) is 2. The van der Waals surface area contributed by atoms with E-state index in [9.17, 15) is 13.2 Å². The highest BCUT2D eigenvalue weighted by Gasteiger charge is 2.41. The van der Waals surface area contributed by atoms with Crippen LogP contribution in [-0.2, 0) is 26.7 Å². The van der Waals surface area contributed by atoms with E-state index in [1.807, 2.05) is 35.2 Å². The average Bonchev–Trinajstić information content (AvgIpc) is 3.62. The fourth-order valence-electron chi connectivity index (χ4n) is 4.81. The number of carbonyl (C=O) groups is 1. The van der Waals surface area contributed by atoms with Gasteiger partial charge in [0, 0.05) is 32.2 Å². The first-order chi connectivity index (χ1) is 15.8. The first kappa shape index (κ1) is 22.3. The Kier molecular flexibility index (Phi) is 5.85. The summed E-state index contributed by atoms with van der Waals surface area (Å²) in [5.41, 5.74) is 3.97. The molecular formula is C26H31NO5S. The van der Waals surface area contributed by atoms with E-state index in [1.165, 1.54) is 24.7 Å². The summed E-state index contributed by atoms with van der Waals surface area (Å²) in [6.45, 7) is 1.92. The molecule has 1 amide bonds. The molecule has 0 radical (unpaired) electrons. The molecule has 0 N–H and O–H groups in total. The van der Waals surface area contributed by atoms with Crippen molar-refractivity contribution in [2.24, 2.45) is 5.92 Å². The van der Waals surface area contributed by atoms with Crippen molar-refractivity contribution < 1.29 is 22.7 Å². The minimum absolute atomic E-state index is 0.0586. The molecule has 1 saturated carbocycles. The van der Waals surface area contributed by atoms with E-state index in [4.69, 9.17) is 9.47 Å². The minimum atomic E-state index is -3.04. The normalized spacial score (nSPS) is 19.6. The van der Waals surface area contributed by atoms with Crippen molar-refractivity contribution in [3.8, 4) is 16.9 Å². The minimum Gasteiger partial charge on any atom is -0.487 e. The van der Waals surface area contributed by atoms with Crippen molar-refractivity contribution in [2.75, 3.05) is 26.0 Å². The molecular weight excluding hydrogens is 438 g/mol. The molecule has 0 aromatic heterocycles. The van der Waals surface area contributed by atoms with Crippen LogP contribution in [0.3, 0.4) is 0 Å².